The molecule has 202 valence electrons. The molecule has 11 heteroatoms. The van der Waals surface area contributed by atoms with E-state index in [0.29, 0.717) is 35.0 Å². The number of benzene rings is 1. The molecule has 4 heterocycles. The third-order valence-corrected chi connectivity index (χ3v) is 7.26. The van der Waals surface area contributed by atoms with Crippen molar-refractivity contribution in [1.29, 1.82) is 0 Å². The number of piperazine rings is 1. The van der Waals surface area contributed by atoms with Gasteiger partial charge in [0.2, 0.25) is 11.9 Å². The molecule has 0 unspecified atom stereocenters. The molecule has 11 nitrogen and oxygen atoms in total. The Morgan fingerprint density at radius 2 is 1.92 bits per heavy atom. The van der Waals surface area contributed by atoms with Crippen LogP contribution in [0.2, 0.25) is 0 Å². The number of carbonyl (C=O) groups is 1. The molecule has 0 atom stereocenters. The van der Waals surface area contributed by atoms with Gasteiger partial charge in [-0.25, -0.2) is 19.9 Å². The summed E-state index contributed by atoms with van der Waals surface area (Å²) in [5, 5.41) is 3.31. The molecule has 6 rings (SSSR count). The summed E-state index contributed by atoms with van der Waals surface area (Å²) in [6, 6.07) is 10.0. The number of hydrogen-bond donors (Lipinski definition) is 2. The van der Waals surface area contributed by atoms with Gasteiger partial charge in [0.25, 0.3) is 0 Å². The lowest BCUT2D eigenvalue weighted by Crippen LogP contribution is -2.48. The van der Waals surface area contributed by atoms with Crippen LogP contribution < -0.4 is 15.0 Å². The molecule has 1 amide bonds. The van der Waals surface area contributed by atoms with Crippen molar-refractivity contribution >= 4 is 34.5 Å². The summed E-state index contributed by atoms with van der Waals surface area (Å²) < 4.78 is 5.65. The Hall–Kier alpha value is -4.25. The fourth-order valence-corrected chi connectivity index (χ4v) is 5.03. The second-order valence-corrected chi connectivity index (χ2v) is 10.3. The smallest absolute Gasteiger partial charge is 0.225 e. The van der Waals surface area contributed by atoms with Crippen LogP contribution in [0.4, 0.5) is 17.6 Å². The van der Waals surface area contributed by atoms with Gasteiger partial charge in [-0.15, -0.1) is 0 Å². The monoisotopic (exact) mass is 527 g/mol. The number of aromatic nitrogens is 5. The summed E-state index contributed by atoms with van der Waals surface area (Å²) in [6.07, 6.45) is 5.48. The highest BCUT2D eigenvalue weighted by Crippen LogP contribution is 2.35. The van der Waals surface area contributed by atoms with E-state index in [1.807, 2.05) is 54.4 Å². The number of nitrogens with zero attached hydrogens (tertiary/aromatic N) is 7. The number of methoxy groups -OCH3 is 1. The zero-order valence-electron chi connectivity index (χ0n) is 22.5. The minimum atomic E-state index is 0.293. The highest BCUT2D eigenvalue weighted by molar-refractivity contribution is 5.85. The standard InChI is InChI=1S/C28H33N9O2/c1-35(2)26-25(39-3)24(30-17-31-26)20-6-7-21-22(15-20)33-28(32-21)34-23-14-18(8-9-29-23)16-36-10-12-37(13-11-36)27(38)19-4-5-19/h6-9,14-15,17,19H,4-5,10-13,16H2,1-3H3,(H2,29,32,33,34). The normalized spacial score (nSPS) is 15.9. The molecule has 1 saturated heterocycles. The van der Waals surface area contributed by atoms with Crippen LogP contribution >= 0.6 is 0 Å². The van der Waals surface area contributed by atoms with Crippen molar-refractivity contribution in [2.75, 3.05) is 57.6 Å². The number of ether oxygens (including phenoxy) is 1. The Morgan fingerprint density at radius 3 is 2.67 bits per heavy atom. The van der Waals surface area contributed by atoms with Gasteiger partial charge in [0.1, 0.15) is 17.8 Å². The van der Waals surface area contributed by atoms with Crippen LogP contribution in [0.3, 0.4) is 0 Å². The Kier molecular flexibility index (Phi) is 6.74. The molecule has 1 aliphatic carbocycles. The molecule has 1 aliphatic heterocycles. The van der Waals surface area contributed by atoms with Crippen molar-refractivity contribution in [1.82, 2.24) is 34.7 Å². The lowest BCUT2D eigenvalue weighted by molar-refractivity contribution is -0.134. The van der Waals surface area contributed by atoms with Crippen LogP contribution in [-0.2, 0) is 11.3 Å². The first kappa shape index (κ1) is 25.1. The number of amides is 1. The van der Waals surface area contributed by atoms with E-state index < -0.39 is 0 Å². The van der Waals surface area contributed by atoms with Gasteiger partial charge in [0, 0.05) is 64.5 Å². The number of rotatable bonds is 8. The number of anilines is 3. The van der Waals surface area contributed by atoms with E-state index in [0.717, 1.165) is 68.0 Å². The van der Waals surface area contributed by atoms with Gasteiger partial charge in [-0.3, -0.25) is 9.69 Å². The first-order valence-electron chi connectivity index (χ1n) is 13.3. The molecule has 3 aromatic heterocycles. The van der Waals surface area contributed by atoms with Crippen molar-refractivity contribution in [3.05, 3.63) is 48.4 Å². The molecule has 2 N–H and O–H groups in total. The van der Waals surface area contributed by atoms with Crippen LogP contribution in [0.5, 0.6) is 5.75 Å². The molecule has 1 aromatic carbocycles. The predicted octanol–water partition coefficient (Wildman–Crippen LogP) is 3.29. The summed E-state index contributed by atoms with van der Waals surface area (Å²) in [7, 11) is 5.47. The Morgan fingerprint density at radius 1 is 1.10 bits per heavy atom. The molecule has 39 heavy (non-hydrogen) atoms. The van der Waals surface area contributed by atoms with Crippen LogP contribution in [0, 0.1) is 5.92 Å². The Balaban J connectivity index is 1.14. The molecule has 2 fully saturated rings. The van der Waals surface area contributed by atoms with Crippen molar-refractivity contribution in [3.63, 3.8) is 0 Å². The average molecular weight is 528 g/mol. The third-order valence-electron chi connectivity index (χ3n) is 7.26. The number of nitrogens with one attached hydrogen (secondary N) is 2. The van der Waals surface area contributed by atoms with Crippen molar-refractivity contribution in [3.8, 4) is 17.0 Å². The number of H-pyrrole nitrogens is 1. The fraction of sp³-hybridized carbons (Fsp3) is 0.393. The number of fused-ring (bicyclic) bond motifs is 1. The molecule has 0 radical (unpaired) electrons. The van der Waals surface area contributed by atoms with Crippen LogP contribution in [0.15, 0.2) is 42.9 Å². The second kappa shape index (κ2) is 10.5. The first-order chi connectivity index (χ1) is 19.0. The van der Waals surface area contributed by atoms with E-state index in [1.54, 1.807) is 13.4 Å². The summed E-state index contributed by atoms with van der Waals surface area (Å²) >= 11 is 0. The maximum absolute atomic E-state index is 12.3. The van der Waals surface area contributed by atoms with Gasteiger partial charge in [-0.05, 0) is 42.7 Å². The van der Waals surface area contributed by atoms with Crippen LogP contribution in [0.25, 0.3) is 22.3 Å². The van der Waals surface area contributed by atoms with Crippen LogP contribution in [-0.4, -0.2) is 88.0 Å². The minimum Gasteiger partial charge on any atom is -0.491 e. The number of hydrogen-bond acceptors (Lipinski definition) is 9. The summed E-state index contributed by atoms with van der Waals surface area (Å²) in [6.45, 7) is 4.22. The van der Waals surface area contributed by atoms with Gasteiger partial charge in [-0.1, -0.05) is 6.07 Å². The Labute approximate surface area is 227 Å². The van der Waals surface area contributed by atoms with Gasteiger partial charge in [0.05, 0.1) is 18.1 Å². The maximum Gasteiger partial charge on any atom is 0.225 e. The van der Waals surface area contributed by atoms with E-state index >= 15 is 0 Å². The third kappa shape index (κ3) is 5.35. The molecule has 0 bridgehead atoms. The molecule has 4 aromatic rings. The lowest BCUT2D eigenvalue weighted by atomic mass is 10.1. The number of imidazole rings is 1. The van der Waals surface area contributed by atoms with E-state index in [9.17, 15) is 4.79 Å². The number of carbonyl (C=O) groups excluding carboxylic acids is 1. The van der Waals surface area contributed by atoms with Gasteiger partial charge in [-0.2, -0.15) is 0 Å². The second-order valence-electron chi connectivity index (χ2n) is 10.3. The molecular weight excluding hydrogens is 494 g/mol. The topological polar surface area (TPSA) is 115 Å². The molecule has 2 aliphatic rings. The number of pyridine rings is 1. The first-order valence-corrected chi connectivity index (χ1v) is 13.3. The molecule has 1 saturated carbocycles. The quantitative estimate of drug-likeness (QED) is 0.356. The van der Waals surface area contributed by atoms with Gasteiger partial charge >= 0.3 is 0 Å². The fourth-order valence-electron chi connectivity index (χ4n) is 5.03. The van der Waals surface area contributed by atoms with E-state index in [-0.39, 0.29) is 0 Å². The summed E-state index contributed by atoms with van der Waals surface area (Å²) in [5.74, 6) is 3.31. The molecule has 0 spiro atoms. The van der Waals surface area contributed by atoms with Crippen molar-refractivity contribution in [2.45, 2.75) is 19.4 Å². The van der Waals surface area contributed by atoms with Crippen LogP contribution in [0.1, 0.15) is 18.4 Å². The number of aromatic amines is 1. The van der Waals surface area contributed by atoms with Gasteiger partial charge < -0.3 is 24.8 Å². The summed E-state index contributed by atoms with van der Waals surface area (Å²) in [5.41, 5.74) is 4.49. The highest BCUT2D eigenvalue weighted by atomic mass is 16.5. The van der Waals surface area contributed by atoms with E-state index in [4.69, 9.17) is 9.72 Å². The van der Waals surface area contributed by atoms with E-state index in [1.165, 1.54) is 5.56 Å². The SMILES string of the molecule is COc1c(-c2ccc3nc(Nc4cc(CN5CCN(C(=O)C6CC6)CC5)ccn4)[nH]c3c2)ncnc1N(C)C. The summed E-state index contributed by atoms with van der Waals surface area (Å²) in [4.78, 5) is 40.0. The minimum absolute atomic E-state index is 0.293. The van der Waals surface area contributed by atoms with E-state index in [2.05, 4.69) is 36.2 Å². The molecular formula is C28H33N9O2. The lowest BCUT2D eigenvalue weighted by Gasteiger charge is -2.34. The maximum atomic E-state index is 12.3. The zero-order chi connectivity index (χ0) is 26.9. The Bertz CT molecular complexity index is 1490. The highest BCUT2D eigenvalue weighted by Gasteiger charge is 2.34. The van der Waals surface area contributed by atoms with Gasteiger partial charge in [0.15, 0.2) is 11.6 Å². The van der Waals surface area contributed by atoms with Crippen molar-refractivity contribution < 1.29 is 9.53 Å². The van der Waals surface area contributed by atoms with Crippen molar-refractivity contribution in [2.24, 2.45) is 5.92 Å². The largest absolute Gasteiger partial charge is 0.491 e. The predicted molar refractivity (Wildman–Crippen MR) is 150 cm³/mol. The average Bonchev–Trinajstić information content (AvgIpc) is 3.72. The zero-order valence-corrected chi connectivity index (χ0v) is 22.5.